The Morgan fingerprint density at radius 1 is 1.26 bits per heavy atom. The maximum Gasteiger partial charge on any atom is 0.134 e. The second kappa shape index (κ2) is 5.33. The fourth-order valence-corrected chi connectivity index (χ4v) is 2.49. The number of hydrogen-bond donors (Lipinski definition) is 0. The van der Waals surface area contributed by atoms with Crippen LogP contribution in [0, 0.1) is 0 Å². The molecular weight excluding hydrogens is 238 g/mol. The minimum atomic E-state index is 0.133. The van der Waals surface area contributed by atoms with Gasteiger partial charge in [-0.2, -0.15) is 0 Å². The van der Waals surface area contributed by atoms with Gasteiger partial charge in [-0.25, -0.2) is 0 Å². The van der Waals surface area contributed by atoms with E-state index in [1.165, 1.54) is 0 Å². The number of benzene rings is 1. The molecule has 2 heterocycles. The van der Waals surface area contributed by atoms with Gasteiger partial charge in [-0.15, -0.1) is 6.58 Å². The minimum Gasteiger partial charge on any atom is -0.487 e. The summed E-state index contributed by atoms with van der Waals surface area (Å²) >= 11 is 0. The van der Waals surface area contributed by atoms with Crippen molar-refractivity contribution in [2.24, 2.45) is 0 Å². The van der Waals surface area contributed by atoms with Crippen LogP contribution >= 0.6 is 0 Å². The molecule has 0 spiro atoms. The smallest absolute Gasteiger partial charge is 0.134 e. The van der Waals surface area contributed by atoms with E-state index in [0.717, 1.165) is 24.6 Å². The molecule has 0 N–H and O–H groups in total. The average molecular weight is 255 g/mol. The van der Waals surface area contributed by atoms with E-state index in [1.54, 1.807) is 6.26 Å². The second-order valence-corrected chi connectivity index (χ2v) is 4.67. The van der Waals surface area contributed by atoms with Crippen LogP contribution in [0.4, 0.5) is 0 Å². The molecule has 1 aliphatic heterocycles. The monoisotopic (exact) mass is 255 g/mol. The Kier molecular flexibility index (Phi) is 3.38. The van der Waals surface area contributed by atoms with Gasteiger partial charge in [-0.3, -0.25) is 4.90 Å². The number of rotatable bonds is 5. The highest BCUT2D eigenvalue weighted by Gasteiger charge is 2.42. The lowest BCUT2D eigenvalue weighted by Crippen LogP contribution is -2.56. The number of ether oxygens (including phenoxy) is 1. The van der Waals surface area contributed by atoms with E-state index in [1.807, 2.05) is 48.5 Å². The first-order chi connectivity index (χ1) is 9.38. The average Bonchev–Trinajstić information content (AvgIpc) is 2.92. The number of nitrogens with zero attached hydrogens (tertiary/aromatic N) is 1. The van der Waals surface area contributed by atoms with Crippen LogP contribution in [0.1, 0.15) is 11.8 Å². The van der Waals surface area contributed by atoms with Crippen molar-refractivity contribution in [2.75, 3.05) is 13.1 Å². The summed E-state index contributed by atoms with van der Waals surface area (Å²) in [7, 11) is 0. The van der Waals surface area contributed by atoms with Crippen molar-refractivity contribution < 1.29 is 9.15 Å². The Morgan fingerprint density at radius 3 is 2.79 bits per heavy atom. The minimum absolute atomic E-state index is 0.133. The Morgan fingerprint density at radius 2 is 2.11 bits per heavy atom. The van der Waals surface area contributed by atoms with E-state index in [-0.39, 0.29) is 12.1 Å². The molecule has 0 unspecified atom stereocenters. The molecule has 2 aromatic rings. The maximum absolute atomic E-state index is 6.03. The molecule has 0 bridgehead atoms. The summed E-state index contributed by atoms with van der Waals surface area (Å²) in [5, 5.41) is 0. The third-order valence-corrected chi connectivity index (χ3v) is 3.39. The summed E-state index contributed by atoms with van der Waals surface area (Å²) < 4.78 is 11.6. The lowest BCUT2D eigenvalue weighted by Gasteiger charge is -2.45. The van der Waals surface area contributed by atoms with E-state index in [4.69, 9.17) is 9.15 Å². The molecule has 1 aromatic carbocycles. The standard InChI is InChI=1S/C16H17NO2/c1-2-10-17-12-15(16(17)14-9-6-11-18-14)19-13-7-4-3-5-8-13/h2-9,11,15-16H,1,10,12H2/t15-,16+/m1/s1. The van der Waals surface area contributed by atoms with Gasteiger partial charge in [0.05, 0.1) is 6.26 Å². The van der Waals surface area contributed by atoms with Crippen LogP contribution in [0.2, 0.25) is 0 Å². The molecule has 1 saturated heterocycles. The predicted molar refractivity (Wildman–Crippen MR) is 74.1 cm³/mol. The van der Waals surface area contributed by atoms with E-state index < -0.39 is 0 Å². The number of furan rings is 1. The van der Waals surface area contributed by atoms with Crippen molar-refractivity contribution in [1.29, 1.82) is 0 Å². The van der Waals surface area contributed by atoms with Gasteiger partial charge in [-0.1, -0.05) is 24.3 Å². The normalized spacial score (nSPS) is 22.7. The molecule has 0 aliphatic carbocycles. The van der Waals surface area contributed by atoms with E-state index in [9.17, 15) is 0 Å². The fourth-order valence-electron chi connectivity index (χ4n) is 2.49. The van der Waals surface area contributed by atoms with Crippen LogP contribution in [-0.4, -0.2) is 24.1 Å². The molecule has 19 heavy (non-hydrogen) atoms. The van der Waals surface area contributed by atoms with Crippen molar-refractivity contribution >= 4 is 0 Å². The van der Waals surface area contributed by atoms with Crippen LogP contribution in [0.5, 0.6) is 5.75 Å². The number of para-hydroxylation sites is 1. The molecule has 1 fully saturated rings. The molecule has 98 valence electrons. The fraction of sp³-hybridized carbons (Fsp3) is 0.250. The first-order valence-electron chi connectivity index (χ1n) is 6.48. The van der Waals surface area contributed by atoms with Crippen molar-refractivity contribution in [2.45, 2.75) is 12.1 Å². The van der Waals surface area contributed by atoms with Gasteiger partial charge in [0.1, 0.15) is 23.7 Å². The highest BCUT2D eigenvalue weighted by molar-refractivity contribution is 5.23. The third kappa shape index (κ3) is 2.42. The van der Waals surface area contributed by atoms with E-state index in [2.05, 4.69) is 11.5 Å². The van der Waals surface area contributed by atoms with Crippen molar-refractivity contribution in [3.05, 3.63) is 67.1 Å². The Labute approximate surface area is 113 Å². The van der Waals surface area contributed by atoms with Gasteiger partial charge in [-0.05, 0) is 24.3 Å². The Balaban J connectivity index is 1.74. The summed E-state index contributed by atoms with van der Waals surface area (Å²) in [5.41, 5.74) is 0. The van der Waals surface area contributed by atoms with E-state index in [0.29, 0.717) is 0 Å². The molecule has 1 aromatic heterocycles. The third-order valence-electron chi connectivity index (χ3n) is 3.39. The van der Waals surface area contributed by atoms with Crippen LogP contribution in [0.25, 0.3) is 0 Å². The van der Waals surface area contributed by atoms with Crippen LogP contribution in [-0.2, 0) is 0 Å². The van der Waals surface area contributed by atoms with Crippen molar-refractivity contribution in [3.63, 3.8) is 0 Å². The second-order valence-electron chi connectivity index (χ2n) is 4.67. The van der Waals surface area contributed by atoms with Crippen LogP contribution in [0.15, 0.2) is 65.8 Å². The summed E-state index contributed by atoms with van der Waals surface area (Å²) in [6, 6.07) is 14.0. The molecule has 3 heteroatoms. The Bertz CT molecular complexity index is 521. The molecule has 3 nitrogen and oxygen atoms in total. The first-order valence-corrected chi connectivity index (χ1v) is 6.48. The molecule has 3 rings (SSSR count). The zero-order chi connectivity index (χ0) is 13.1. The van der Waals surface area contributed by atoms with Crippen molar-refractivity contribution in [3.8, 4) is 5.75 Å². The summed E-state index contributed by atoms with van der Waals surface area (Å²) in [6.45, 7) is 5.54. The van der Waals surface area contributed by atoms with Gasteiger partial charge in [0.25, 0.3) is 0 Å². The highest BCUT2D eigenvalue weighted by Crippen LogP contribution is 2.36. The molecular formula is C16H17NO2. The lowest BCUT2D eigenvalue weighted by atomic mass is 9.96. The summed E-state index contributed by atoms with van der Waals surface area (Å²) in [6.07, 6.45) is 3.75. The predicted octanol–water partition coefficient (Wildman–Crippen LogP) is 3.27. The topological polar surface area (TPSA) is 25.6 Å². The zero-order valence-electron chi connectivity index (χ0n) is 10.7. The molecule has 1 aliphatic rings. The number of likely N-dealkylation sites (tertiary alicyclic amines) is 1. The molecule has 0 radical (unpaired) electrons. The summed E-state index contributed by atoms with van der Waals surface area (Å²) in [5.74, 6) is 1.86. The van der Waals surface area contributed by atoms with Gasteiger partial charge in [0.15, 0.2) is 0 Å². The quantitative estimate of drug-likeness (QED) is 0.767. The molecule has 0 amide bonds. The Hall–Kier alpha value is -2.00. The highest BCUT2D eigenvalue weighted by atomic mass is 16.5. The van der Waals surface area contributed by atoms with Crippen LogP contribution in [0.3, 0.4) is 0 Å². The van der Waals surface area contributed by atoms with Gasteiger partial charge in [0.2, 0.25) is 0 Å². The zero-order valence-corrected chi connectivity index (χ0v) is 10.7. The molecule has 0 saturated carbocycles. The largest absolute Gasteiger partial charge is 0.487 e. The SMILES string of the molecule is C=CCN1C[C@@H](Oc2ccccc2)[C@@H]1c1ccco1. The van der Waals surface area contributed by atoms with E-state index >= 15 is 0 Å². The first kappa shape index (κ1) is 12.1. The van der Waals surface area contributed by atoms with Gasteiger partial charge >= 0.3 is 0 Å². The van der Waals surface area contributed by atoms with Gasteiger partial charge in [0, 0.05) is 13.1 Å². The van der Waals surface area contributed by atoms with Crippen molar-refractivity contribution in [1.82, 2.24) is 4.90 Å². The molecule has 2 atom stereocenters. The lowest BCUT2D eigenvalue weighted by molar-refractivity contribution is -0.0496. The summed E-state index contributed by atoms with van der Waals surface area (Å²) in [4.78, 5) is 2.29. The number of hydrogen-bond acceptors (Lipinski definition) is 3. The maximum atomic E-state index is 6.03. The van der Waals surface area contributed by atoms with Crippen LogP contribution < -0.4 is 4.74 Å². The van der Waals surface area contributed by atoms with Gasteiger partial charge < -0.3 is 9.15 Å².